The number of hydrogen-bond donors (Lipinski definition) is 0. The summed E-state index contributed by atoms with van der Waals surface area (Å²) in [5.41, 5.74) is 2.97. The van der Waals surface area contributed by atoms with Crippen LogP contribution in [0.5, 0.6) is 5.75 Å². The first-order chi connectivity index (χ1) is 18.4. The van der Waals surface area contributed by atoms with Crippen LogP contribution >= 0.6 is 0 Å². The first-order valence-electron chi connectivity index (χ1n) is 14.1. The Morgan fingerprint density at radius 2 is 1.32 bits per heavy atom. The summed E-state index contributed by atoms with van der Waals surface area (Å²) in [6, 6.07) is 15.4. The first-order valence-corrected chi connectivity index (χ1v) is 14.1. The lowest BCUT2D eigenvalue weighted by Gasteiger charge is -2.37. The van der Waals surface area contributed by atoms with E-state index in [1.807, 2.05) is 6.07 Å². The summed E-state index contributed by atoms with van der Waals surface area (Å²) in [5.74, 6) is 0.662. The predicted octanol–water partition coefficient (Wildman–Crippen LogP) is 10.1. The maximum atomic E-state index is 15.3. The Hall–Kier alpha value is -3.01. The fourth-order valence-corrected chi connectivity index (χ4v) is 6.54. The molecular formula is C34H37F3O. The summed E-state index contributed by atoms with van der Waals surface area (Å²) in [4.78, 5) is 0. The molecule has 0 unspecified atom stereocenters. The molecule has 0 atom stereocenters. The van der Waals surface area contributed by atoms with Crippen molar-refractivity contribution < 1.29 is 17.9 Å². The van der Waals surface area contributed by atoms with Crippen LogP contribution in [-0.2, 0) is 0 Å². The molecule has 2 aliphatic carbocycles. The maximum Gasteiger partial charge on any atom is 0.201 e. The van der Waals surface area contributed by atoms with Crippen LogP contribution < -0.4 is 4.74 Å². The molecule has 2 aliphatic rings. The minimum absolute atomic E-state index is 0.0931. The van der Waals surface area contributed by atoms with E-state index < -0.39 is 11.6 Å². The molecule has 3 aromatic carbocycles. The zero-order valence-electron chi connectivity index (χ0n) is 22.2. The molecule has 0 spiro atoms. The first kappa shape index (κ1) is 26.6. The minimum atomic E-state index is -1.03. The third kappa shape index (κ3) is 5.70. The van der Waals surface area contributed by atoms with E-state index in [1.165, 1.54) is 56.7 Å². The lowest BCUT2D eigenvalue weighted by molar-refractivity contribution is 0.165. The monoisotopic (exact) mass is 518 g/mol. The molecule has 0 bridgehead atoms. The van der Waals surface area contributed by atoms with Crippen LogP contribution in [0.4, 0.5) is 13.2 Å². The summed E-state index contributed by atoms with van der Waals surface area (Å²) < 4.78 is 49.5. The van der Waals surface area contributed by atoms with Crippen LogP contribution in [0.25, 0.3) is 22.3 Å². The molecule has 3 aromatic rings. The molecule has 2 saturated carbocycles. The molecule has 0 heterocycles. The molecule has 0 aromatic heterocycles. The summed E-state index contributed by atoms with van der Waals surface area (Å²) in [5, 5.41) is 0. The second-order valence-electron chi connectivity index (χ2n) is 11.3. The Labute approximate surface area is 224 Å². The molecule has 4 heteroatoms. The molecule has 0 saturated heterocycles. The van der Waals surface area contributed by atoms with Crippen molar-refractivity contribution in [3.8, 4) is 28.0 Å². The van der Waals surface area contributed by atoms with Crippen molar-refractivity contribution >= 4 is 0 Å². The van der Waals surface area contributed by atoms with Crippen molar-refractivity contribution in [2.45, 2.75) is 64.2 Å². The van der Waals surface area contributed by atoms with Crippen molar-refractivity contribution in [2.75, 3.05) is 6.61 Å². The Morgan fingerprint density at radius 3 is 1.92 bits per heavy atom. The van der Waals surface area contributed by atoms with Crippen LogP contribution in [0.1, 0.15) is 69.8 Å². The van der Waals surface area contributed by atoms with E-state index in [2.05, 4.69) is 19.6 Å². The summed E-state index contributed by atoms with van der Waals surface area (Å²) >= 11 is 0. The van der Waals surface area contributed by atoms with Gasteiger partial charge in [-0.15, -0.1) is 0 Å². The molecule has 0 amide bonds. The Morgan fingerprint density at radius 1 is 0.737 bits per heavy atom. The van der Waals surface area contributed by atoms with Crippen LogP contribution in [0, 0.1) is 35.2 Å². The van der Waals surface area contributed by atoms with Gasteiger partial charge in [-0.3, -0.25) is 0 Å². The van der Waals surface area contributed by atoms with Gasteiger partial charge in [0.05, 0.1) is 0 Å². The molecule has 0 radical (unpaired) electrons. The van der Waals surface area contributed by atoms with Gasteiger partial charge >= 0.3 is 0 Å². The highest BCUT2D eigenvalue weighted by Crippen LogP contribution is 2.44. The number of benzene rings is 3. The van der Waals surface area contributed by atoms with Gasteiger partial charge in [0.15, 0.2) is 11.6 Å². The quantitative estimate of drug-likeness (QED) is 0.283. The predicted molar refractivity (Wildman–Crippen MR) is 149 cm³/mol. The van der Waals surface area contributed by atoms with Gasteiger partial charge in [-0.25, -0.2) is 8.78 Å². The molecule has 2 fully saturated rings. The molecule has 0 aliphatic heterocycles. The van der Waals surface area contributed by atoms with E-state index in [1.54, 1.807) is 30.3 Å². The van der Waals surface area contributed by atoms with E-state index in [0.29, 0.717) is 22.6 Å². The van der Waals surface area contributed by atoms with Gasteiger partial charge in [0.1, 0.15) is 12.4 Å². The van der Waals surface area contributed by atoms with Gasteiger partial charge in [-0.1, -0.05) is 68.8 Å². The molecule has 38 heavy (non-hydrogen) atoms. The number of rotatable bonds is 7. The summed E-state index contributed by atoms with van der Waals surface area (Å²) in [6.45, 7) is 5.98. The maximum absolute atomic E-state index is 15.3. The van der Waals surface area contributed by atoms with Crippen LogP contribution in [0.15, 0.2) is 67.3 Å². The molecule has 200 valence electrons. The minimum Gasteiger partial charge on any atom is -0.486 e. The SMILES string of the molecule is C=CCOc1ccc(-c2ccc(-c3ccc(C4CCC(C5CCC(C)CC5)CC4)cc3F)cc2)c(F)c1F. The van der Waals surface area contributed by atoms with Crippen molar-refractivity contribution in [1.82, 2.24) is 0 Å². The molecule has 1 nitrogen and oxygen atoms in total. The Kier molecular flexibility index (Phi) is 8.26. The van der Waals surface area contributed by atoms with E-state index in [4.69, 9.17) is 4.74 Å². The van der Waals surface area contributed by atoms with Gasteiger partial charge in [0.2, 0.25) is 5.82 Å². The molecule has 0 N–H and O–H groups in total. The zero-order valence-corrected chi connectivity index (χ0v) is 22.2. The van der Waals surface area contributed by atoms with Crippen molar-refractivity contribution in [3.63, 3.8) is 0 Å². The molecule has 5 rings (SSSR count). The van der Waals surface area contributed by atoms with Crippen LogP contribution in [-0.4, -0.2) is 6.61 Å². The summed E-state index contributed by atoms with van der Waals surface area (Å²) in [7, 11) is 0. The van der Waals surface area contributed by atoms with E-state index in [-0.39, 0.29) is 23.7 Å². The third-order valence-electron chi connectivity index (χ3n) is 8.87. The van der Waals surface area contributed by atoms with Crippen LogP contribution in [0.2, 0.25) is 0 Å². The number of halogens is 3. The van der Waals surface area contributed by atoms with Crippen molar-refractivity contribution in [2.24, 2.45) is 17.8 Å². The highest BCUT2D eigenvalue weighted by atomic mass is 19.2. The average Bonchev–Trinajstić information content (AvgIpc) is 2.94. The number of hydrogen-bond acceptors (Lipinski definition) is 1. The fraction of sp³-hybridized carbons (Fsp3) is 0.412. The van der Waals surface area contributed by atoms with Gasteiger partial charge in [-0.05, 0) is 97.1 Å². The van der Waals surface area contributed by atoms with E-state index in [9.17, 15) is 8.78 Å². The smallest absolute Gasteiger partial charge is 0.201 e. The molecular weight excluding hydrogens is 481 g/mol. The van der Waals surface area contributed by atoms with Crippen molar-refractivity contribution in [1.29, 1.82) is 0 Å². The lowest BCUT2D eigenvalue weighted by atomic mass is 9.68. The fourth-order valence-electron chi connectivity index (χ4n) is 6.54. The second kappa shape index (κ2) is 11.8. The van der Waals surface area contributed by atoms with Gasteiger partial charge in [0, 0.05) is 11.1 Å². The number of ether oxygens (including phenoxy) is 1. The zero-order chi connectivity index (χ0) is 26.6. The average molecular weight is 519 g/mol. The Bertz CT molecular complexity index is 1250. The van der Waals surface area contributed by atoms with Gasteiger partial charge in [-0.2, -0.15) is 4.39 Å². The highest BCUT2D eigenvalue weighted by Gasteiger charge is 2.30. The largest absolute Gasteiger partial charge is 0.486 e. The third-order valence-corrected chi connectivity index (χ3v) is 8.87. The van der Waals surface area contributed by atoms with Crippen molar-refractivity contribution in [3.05, 3.63) is 90.3 Å². The topological polar surface area (TPSA) is 9.23 Å². The lowest BCUT2D eigenvalue weighted by Crippen LogP contribution is -2.24. The van der Waals surface area contributed by atoms with Gasteiger partial charge < -0.3 is 4.74 Å². The highest BCUT2D eigenvalue weighted by molar-refractivity contribution is 5.71. The second-order valence-corrected chi connectivity index (χ2v) is 11.3. The standard InChI is InChI=1S/C34H37F3O/c1-3-20-38-32-19-18-30(33(36)34(32)37)27-14-12-26(13-15-27)29-17-16-28(21-31(29)35)25-10-8-24(9-11-25)23-6-4-22(2)5-7-23/h3,12-19,21-25H,1,4-11,20H2,2H3. The Balaban J connectivity index is 1.25. The van der Waals surface area contributed by atoms with E-state index >= 15 is 4.39 Å². The van der Waals surface area contributed by atoms with Gasteiger partial charge in [0.25, 0.3) is 0 Å². The van der Waals surface area contributed by atoms with E-state index in [0.717, 1.165) is 36.2 Å². The normalized spacial score (nSPS) is 23.7. The summed E-state index contributed by atoms with van der Waals surface area (Å²) in [6.07, 6.45) is 11.8. The van der Waals surface area contributed by atoms with Crippen LogP contribution in [0.3, 0.4) is 0 Å².